The first-order valence-electron chi connectivity index (χ1n) is 15.4. The van der Waals surface area contributed by atoms with Crippen molar-refractivity contribution in [1.29, 1.82) is 0 Å². The highest BCUT2D eigenvalue weighted by molar-refractivity contribution is 5.77. The van der Waals surface area contributed by atoms with Gasteiger partial charge in [0.15, 0.2) is 6.04 Å². The summed E-state index contributed by atoms with van der Waals surface area (Å²) in [4.78, 5) is 13.5. The van der Waals surface area contributed by atoms with Crippen LogP contribution in [-0.4, -0.2) is 69.8 Å². The molecule has 0 aliphatic heterocycles. The van der Waals surface area contributed by atoms with Gasteiger partial charge >= 0.3 is 5.97 Å². The quantitative estimate of drug-likeness (QED) is 0.159. The number of carbonyl (C=O) groups is 1. The van der Waals surface area contributed by atoms with Gasteiger partial charge in [0.1, 0.15) is 5.75 Å². The third kappa shape index (κ3) is 5.46. The summed E-state index contributed by atoms with van der Waals surface area (Å²) in [6.45, 7) is 13.6. The first kappa shape index (κ1) is 29.6. The van der Waals surface area contributed by atoms with Crippen LogP contribution in [0.15, 0.2) is 12.1 Å². The molecule has 0 N–H and O–H groups in total. The fourth-order valence-electron chi connectivity index (χ4n) is 9.42. The molecule has 0 heterocycles. The van der Waals surface area contributed by atoms with Gasteiger partial charge in [0.2, 0.25) is 0 Å². The molecule has 4 nitrogen and oxygen atoms in total. The highest BCUT2D eigenvalue weighted by atomic mass is 16.5. The van der Waals surface area contributed by atoms with E-state index in [1.807, 2.05) is 0 Å². The van der Waals surface area contributed by atoms with Crippen LogP contribution in [0, 0.1) is 29.6 Å². The summed E-state index contributed by atoms with van der Waals surface area (Å²) >= 11 is 0. The number of nitrogens with zero attached hydrogens (tertiary/aromatic N) is 2. The number of likely N-dealkylation sites (N-methyl/N-ethyl adjacent to an activating group) is 1. The molecular formula is C34H58N2O2+2. The Kier molecular flexibility index (Phi) is 7.72. The first-order chi connectivity index (χ1) is 17.4. The topological polar surface area (TPSA) is 26.3 Å². The van der Waals surface area contributed by atoms with Gasteiger partial charge in [-0.15, -0.1) is 0 Å². The molecule has 0 aromatic heterocycles. The van der Waals surface area contributed by atoms with Crippen LogP contribution in [0.2, 0.25) is 0 Å². The van der Waals surface area contributed by atoms with E-state index in [-0.39, 0.29) is 17.4 Å². The van der Waals surface area contributed by atoms with Gasteiger partial charge in [-0.3, -0.25) is 0 Å². The summed E-state index contributed by atoms with van der Waals surface area (Å²) in [6.07, 6.45) is 10.9. The van der Waals surface area contributed by atoms with E-state index in [0.29, 0.717) is 21.2 Å². The van der Waals surface area contributed by atoms with Crippen molar-refractivity contribution in [2.75, 3.05) is 48.8 Å². The van der Waals surface area contributed by atoms with Crippen molar-refractivity contribution in [2.45, 2.75) is 104 Å². The lowest BCUT2D eigenvalue weighted by atomic mass is 9.43. The molecule has 0 amide bonds. The highest BCUT2D eigenvalue weighted by Gasteiger charge is 2.61. The maximum Gasteiger partial charge on any atom is 0.370 e. The molecule has 4 rings (SSSR count). The zero-order chi connectivity index (χ0) is 28.3. The molecule has 3 aliphatic carbocycles. The van der Waals surface area contributed by atoms with Gasteiger partial charge < -0.3 is 13.7 Å². The van der Waals surface area contributed by atoms with E-state index in [2.05, 4.69) is 89.0 Å². The zero-order valence-electron chi connectivity index (χ0n) is 26.7. The molecule has 0 bridgehead atoms. The number of aryl methyl sites for hydroxylation is 1. The second-order valence-corrected chi connectivity index (χ2v) is 16.5. The normalized spacial score (nSPS) is 31.2. The molecule has 0 saturated heterocycles. The van der Waals surface area contributed by atoms with Crippen molar-refractivity contribution in [3.05, 3.63) is 28.8 Å². The largest absolute Gasteiger partial charge is 0.422 e. The van der Waals surface area contributed by atoms with Gasteiger partial charge in [0.05, 0.1) is 48.8 Å². The predicted molar refractivity (Wildman–Crippen MR) is 158 cm³/mol. The Balaban J connectivity index is 1.54. The average molecular weight is 527 g/mol. The van der Waals surface area contributed by atoms with Gasteiger partial charge in [-0.05, 0) is 109 Å². The van der Waals surface area contributed by atoms with E-state index in [1.165, 1.54) is 43.2 Å². The maximum atomic E-state index is 13.5. The van der Waals surface area contributed by atoms with E-state index in [4.69, 9.17) is 4.74 Å². The van der Waals surface area contributed by atoms with Crippen LogP contribution in [0.5, 0.6) is 5.75 Å². The van der Waals surface area contributed by atoms with Crippen molar-refractivity contribution < 1.29 is 18.5 Å². The standard InChI is InChI=1S/C34H58N2O2/c1-24-21-26(38-31(37)27(36(9,10)11)15-12-13-20-35(6,7)8)22-25-23-29-33(4)18-14-17-32(2,3)28(33)16-19-34(29,5)30(24)25/h21-22,27-29H,12-20,23H2,1-11H3/q+2/t27?,28-,29+,33-,34+/m0/s1. The monoisotopic (exact) mass is 526 g/mol. The Morgan fingerprint density at radius 2 is 1.66 bits per heavy atom. The minimum atomic E-state index is -0.153. The van der Waals surface area contributed by atoms with Crippen LogP contribution >= 0.6 is 0 Å². The minimum absolute atomic E-state index is 0.0789. The summed E-state index contributed by atoms with van der Waals surface area (Å²) in [5, 5.41) is 0. The van der Waals surface area contributed by atoms with Gasteiger partial charge in [-0.25, -0.2) is 4.79 Å². The van der Waals surface area contributed by atoms with E-state index < -0.39 is 0 Å². The van der Waals surface area contributed by atoms with Gasteiger partial charge in [0, 0.05) is 6.42 Å². The molecule has 1 unspecified atom stereocenters. The average Bonchev–Trinajstić information content (AvgIpc) is 3.05. The van der Waals surface area contributed by atoms with Crippen molar-refractivity contribution in [3.8, 4) is 5.75 Å². The lowest BCUT2D eigenvalue weighted by Gasteiger charge is -2.61. The van der Waals surface area contributed by atoms with E-state index in [0.717, 1.165) is 48.4 Å². The molecule has 1 aromatic carbocycles. The molecule has 2 fully saturated rings. The number of fused-ring (bicyclic) bond motifs is 5. The smallest absolute Gasteiger partial charge is 0.370 e. The van der Waals surface area contributed by atoms with Crippen LogP contribution in [-0.2, 0) is 16.6 Å². The number of hydrogen-bond donors (Lipinski definition) is 0. The lowest BCUT2D eigenvalue weighted by Crippen LogP contribution is -2.55. The SMILES string of the molecule is Cc1cc(OC(=O)C(CCCC[N+](C)(C)C)[N+](C)(C)C)cc2c1[C@]1(C)CC[C@H]3C(C)(C)CCC[C@]3(C)[C@H]1C2. The fraction of sp³-hybridized carbons (Fsp3) is 0.794. The molecule has 5 atom stereocenters. The third-order valence-electron chi connectivity index (χ3n) is 11.2. The molecule has 214 valence electrons. The number of quaternary nitrogens is 2. The molecule has 2 saturated carbocycles. The summed E-state index contributed by atoms with van der Waals surface area (Å²) in [7, 11) is 13.0. The number of esters is 1. The van der Waals surface area contributed by atoms with Crippen LogP contribution in [0.1, 0.15) is 95.8 Å². The highest BCUT2D eigenvalue weighted by Crippen LogP contribution is 2.68. The summed E-state index contributed by atoms with van der Waals surface area (Å²) in [6, 6.07) is 4.24. The summed E-state index contributed by atoms with van der Waals surface area (Å²) < 4.78 is 7.76. The van der Waals surface area contributed by atoms with Crippen molar-refractivity contribution >= 4 is 5.97 Å². The van der Waals surface area contributed by atoms with Crippen LogP contribution in [0.3, 0.4) is 0 Å². The maximum absolute atomic E-state index is 13.5. The molecule has 0 radical (unpaired) electrons. The number of hydrogen-bond acceptors (Lipinski definition) is 2. The van der Waals surface area contributed by atoms with Crippen molar-refractivity contribution in [2.24, 2.45) is 22.7 Å². The number of carbonyl (C=O) groups excluding carboxylic acids is 1. The zero-order valence-corrected chi connectivity index (χ0v) is 26.7. The van der Waals surface area contributed by atoms with Gasteiger partial charge in [-0.1, -0.05) is 34.1 Å². The molecule has 0 spiro atoms. The Morgan fingerprint density at radius 1 is 0.974 bits per heavy atom. The Morgan fingerprint density at radius 3 is 2.29 bits per heavy atom. The van der Waals surface area contributed by atoms with Crippen LogP contribution in [0.25, 0.3) is 0 Å². The van der Waals surface area contributed by atoms with Crippen LogP contribution < -0.4 is 4.74 Å². The van der Waals surface area contributed by atoms with E-state index >= 15 is 0 Å². The van der Waals surface area contributed by atoms with Crippen molar-refractivity contribution in [1.82, 2.24) is 0 Å². The molecule has 38 heavy (non-hydrogen) atoms. The Hall–Kier alpha value is -1.39. The van der Waals surface area contributed by atoms with Crippen LogP contribution in [0.4, 0.5) is 0 Å². The number of benzene rings is 1. The summed E-state index contributed by atoms with van der Waals surface area (Å²) in [5.74, 6) is 2.15. The number of rotatable bonds is 8. The third-order valence-corrected chi connectivity index (χ3v) is 11.2. The van der Waals surface area contributed by atoms with E-state index in [9.17, 15) is 4.79 Å². The molecule has 4 heteroatoms. The molecule has 3 aliphatic rings. The van der Waals surface area contributed by atoms with Crippen molar-refractivity contribution in [3.63, 3.8) is 0 Å². The Bertz CT molecular complexity index is 1050. The van der Waals surface area contributed by atoms with Gasteiger partial charge in [0.25, 0.3) is 0 Å². The fourth-order valence-corrected chi connectivity index (χ4v) is 9.42. The molecule has 1 aromatic rings. The second kappa shape index (κ2) is 9.91. The first-order valence-corrected chi connectivity index (χ1v) is 15.4. The van der Waals surface area contributed by atoms with E-state index in [1.54, 1.807) is 5.56 Å². The lowest BCUT2D eigenvalue weighted by molar-refractivity contribution is -0.887. The summed E-state index contributed by atoms with van der Waals surface area (Å²) in [5.41, 5.74) is 5.38. The second-order valence-electron chi connectivity index (χ2n) is 16.5. The Labute approximate surface area is 234 Å². The van der Waals surface area contributed by atoms with Gasteiger partial charge in [-0.2, -0.15) is 0 Å². The minimum Gasteiger partial charge on any atom is -0.422 e. The number of ether oxygens (including phenoxy) is 1. The predicted octanol–water partition coefficient (Wildman–Crippen LogP) is 6.91. The number of unbranched alkanes of at least 4 members (excludes halogenated alkanes) is 1. The molecular weight excluding hydrogens is 468 g/mol.